The molecular formula is C12H14N2OS3. The molecule has 0 N–H and O–H groups in total. The maximum Gasteiger partial charge on any atom is 0.269 e. The number of amides is 1. The van der Waals surface area contributed by atoms with Crippen molar-refractivity contribution in [2.45, 2.75) is 13.8 Å². The van der Waals surface area contributed by atoms with E-state index in [0.29, 0.717) is 10.9 Å². The van der Waals surface area contributed by atoms with Crippen molar-refractivity contribution in [3.05, 3.63) is 33.7 Å². The van der Waals surface area contributed by atoms with E-state index in [0.717, 1.165) is 16.5 Å². The summed E-state index contributed by atoms with van der Waals surface area (Å²) in [6.45, 7) is 9.11. The van der Waals surface area contributed by atoms with Crippen molar-refractivity contribution in [3.8, 4) is 0 Å². The zero-order valence-corrected chi connectivity index (χ0v) is 12.8. The number of thiocarbonyl (C=S) groups is 1. The Morgan fingerprint density at radius 1 is 1.50 bits per heavy atom. The normalized spacial score (nSPS) is 24.0. The molecule has 0 aromatic carbocycles. The first-order valence-electron chi connectivity index (χ1n) is 5.60. The summed E-state index contributed by atoms with van der Waals surface area (Å²) in [5, 5.41) is 3.07. The van der Waals surface area contributed by atoms with Crippen LogP contribution in [-0.4, -0.2) is 33.1 Å². The molecule has 0 spiro atoms. The largest absolute Gasteiger partial charge is 0.339 e. The minimum atomic E-state index is -0.00560. The van der Waals surface area contributed by atoms with Gasteiger partial charge in [-0.15, -0.1) is 6.58 Å². The van der Waals surface area contributed by atoms with Crippen molar-refractivity contribution in [2.75, 3.05) is 13.1 Å². The van der Waals surface area contributed by atoms with E-state index in [2.05, 4.69) is 23.8 Å². The maximum atomic E-state index is 12.3. The van der Waals surface area contributed by atoms with Gasteiger partial charge in [0.05, 0.1) is 5.03 Å². The molecule has 1 amide bonds. The molecule has 0 aliphatic carbocycles. The molecule has 0 aromatic heterocycles. The Morgan fingerprint density at radius 2 is 2.22 bits per heavy atom. The molecule has 2 heterocycles. The van der Waals surface area contributed by atoms with E-state index in [-0.39, 0.29) is 5.91 Å². The molecule has 2 aliphatic heterocycles. The second kappa shape index (κ2) is 5.50. The number of rotatable bonds is 3. The summed E-state index contributed by atoms with van der Waals surface area (Å²) in [4.78, 5) is 16.8. The van der Waals surface area contributed by atoms with Crippen LogP contribution < -0.4 is 0 Å². The van der Waals surface area contributed by atoms with E-state index in [1.54, 1.807) is 22.7 Å². The van der Waals surface area contributed by atoms with Gasteiger partial charge in [0.1, 0.15) is 9.23 Å². The molecule has 0 bridgehead atoms. The van der Waals surface area contributed by atoms with Crippen molar-refractivity contribution in [3.63, 3.8) is 0 Å². The van der Waals surface area contributed by atoms with Crippen LogP contribution in [0.5, 0.6) is 0 Å². The number of allylic oxidation sites excluding steroid dienone is 1. The molecule has 0 saturated carbocycles. The molecule has 2 rings (SSSR count). The van der Waals surface area contributed by atoms with E-state index in [1.165, 1.54) is 17.5 Å². The molecular weight excluding hydrogens is 284 g/mol. The Bertz CT molecular complexity index is 482. The first-order chi connectivity index (χ1) is 8.60. The minimum Gasteiger partial charge on any atom is -0.339 e. The highest BCUT2D eigenvalue weighted by molar-refractivity contribution is 8.27. The monoisotopic (exact) mass is 298 g/mol. The Morgan fingerprint density at radius 3 is 2.83 bits per heavy atom. The Hall–Kier alpha value is -0.720. The number of nitrogens with zero attached hydrogens (tertiary/aromatic N) is 2. The molecule has 0 radical (unpaired) electrons. The van der Waals surface area contributed by atoms with Crippen LogP contribution in [0.25, 0.3) is 0 Å². The van der Waals surface area contributed by atoms with Gasteiger partial charge in [0, 0.05) is 18.8 Å². The highest BCUT2D eigenvalue weighted by Gasteiger charge is 2.36. The van der Waals surface area contributed by atoms with Crippen molar-refractivity contribution in [2.24, 2.45) is 0 Å². The second-order valence-electron chi connectivity index (χ2n) is 3.83. The zero-order chi connectivity index (χ0) is 13.3. The van der Waals surface area contributed by atoms with Crippen LogP contribution in [0.4, 0.5) is 0 Å². The summed E-state index contributed by atoms with van der Waals surface area (Å²) in [5.74, 6) is -0.00560. The lowest BCUT2D eigenvalue weighted by atomic mass is 10.4. The van der Waals surface area contributed by atoms with Crippen LogP contribution in [0, 0.1) is 0 Å². The first-order valence-corrected chi connectivity index (χ1v) is 7.70. The van der Waals surface area contributed by atoms with E-state index < -0.39 is 0 Å². The summed E-state index contributed by atoms with van der Waals surface area (Å²) >= 11 is 8.22. The lowest BCUT2D eigenvalue weighted by molar-refractivity contribution is -0.121. The molecule has 1 saturated heterocycles. The zero-order valence-electron chi connectivity index (χ0n) is 10.3. The predicted molar refractivity (Wildman–Crippen MR) is 82.9 cm³/mol. The third-order valence-electron chi connectivity index (χ3n) is 2.68. The van der Waals surface area contributed by atoms with Gasteiger partial charge < -0.3 is 4.90 Å². The molecule has 0 atom stereocenters. The van der Waals surface area contributed by atoms with Gasteiger partial charge in [-0.05, 0) is 19.3 Å². The number of thioether (sulfide) groups is 2. The Labute approximate surface area is 121 Å². The average Bonchev–Trinajstić information content (AvgIpc) is 2.84. The summed E-state index contributed by atoms with van der Waals surface area (Å²) in [6, 6.07) is 0. The first kappa shape index (κ1) is 13.7. The predicted octanol–water partition coefficient (Wildman–Crippen LogP) is 3.13. The molecule has 6 heteroatoms. The summed E-state index contributed by atoms with van der Waals surface area (Å²) in [6.07, 6.45) is 1.70. The van der Waals surface area contributed by atoms with E-state index in [4.69, 9.17) is 12.2 Å². The van der Waals surface area contributed by atoms with Gasteiger partial charge in [-0.1, -0.05) is 41.8 Å². The molecule has 3 nitrogen and oxygen atoms in total. The van der Waals surface area contributed by atoms with Crippen LogP contribution in [0.15, 0.2) is 33.7 Å². The second-order valence-corrected chi connectivity index (χ2v) is 6.33. The maximum absolute atomic E-state index is 12.3. The van der Waals surface area contributed by atoms with Gasteiger partial charge in [-0.3, -0.25) is 9.69 Å². The van der Waals surface area contributed by atoms with Crippen LogP contribution in [0.1, 0.15) is 13.8 Å². The smallest absolute Gasteiger partial charge is 0.269 e. The molecule has 2 aliphatic rings. The lowest BCUT2D eigenvalue weighted by Gasteiger charge is -2.20. The van der Waals surface area contributed by atoms with E-state index in [9.17, 15) is 4.79 Å². The third kappa shape index (κ3) is 2.24. The van der Waals surface area contributed by atoms with Gasteiger partial charge in [0.15, 0.2) is 0 Å². The van der Waals surface area contributed by atoms with Crippen LogP contribution in [0.2, 0.25) is 0 Å². The summed E-state index contributed by atoms with van der Waals surface area (Å²) in [7, 11) is 0. The fourth-order valence-corrected chi connectivity index (χ4v) is 4.33. The number of hydrogen-bond donors (Lipinski definition) is 0. The van der Waals surface area contributed by atoms with Gasteiger partial charge in [-0.25, -0.2) is 0 Å². The SMILES string of the molecule is C=CCN1C(=O)C(=C2SC=C(C)N2CC)SC1=S. The van der Waals surface area contributed by atoms with Crippen LogP contribution in [0.3, 0.4) is 0 Å². The van der Waals surface area contributed by atoms with Gasteiger partial charge in [0.2, 0.25) is 0 Å². The Kier molecular flexibility index (Phi) is 4.19. The minimum absolute atomic E-state index is 0.00560. The van der Waals surface area contributed by atoms with Gasteiger partial charge >= 0.3 is 0 Å². The number of hydrogen-bond acceptors (Lipinski definition) is 5. The lowest BCUT2D eigenvalue weighted by Crippen LogP contribution is -2.28. The van der Waals surface area contributed by atoms with E-state index >= 15 is 0 Å². The van der Waals surface area contributed by atoms with Gasteiger partial charge in [0.25, 0.3) is 5.91 Å². The van der Waals surface area contributed by atoms with Gasteiger partial charge in [-0.2, -0.15) is 0 Å². The molecule has 0 unspecified atom stereocenters. The van der Waals surface area contributed by atoms with Crippen molar-refractivity contribution >= 4 is 46.0 Å². The quantitative estimate of drug-likeness (QED) is 0.452. The topological polar surface area (TPSA) is 23.6 Å². The standard InChI is InChI=1S/C12H14N2OS3/c1-4-6-14-10(15)9(18-12(14)16)11-13(5-2)8(3)7-17-11/h4,7H,1,5-6H2,2-3H3. The molecule has 18 heavy (non-hydrogen) atoms. The van der Waals surface area contributed by atoms with E-state index in [1.807, 2.05) is 6.92 Å². The number of carbonyl (C=O) groups is 1. The highest BCUT2D eigenvalue weighted by atomic mass is 32.2. The average molecular weight is 298 g/mol. The molecule has 0 aromatic rings. The number of carbonyl (C=O) groups excluding carboxylic acids is 1. The molecule has 1 fully saturated rings. The van der Waals surface area contributed by atoms with Crippen molar-refractivity contribution in [1.29, 1.82) is 0 Å². The van der Waals surface area contributed by atoms with Crippen molar-refractivity contribution < 1.29 is 4.79 Å². The summed E-state index contributed by atoms with van der Waals surface area (Å²) in [5.41, 5.74) is 1.17. The Balaban J connectivity index is 2.33. The van der Waals surface area contributed by atoms with Crippen molar-refractivity contribution in [1.82, 2.24) is 9.80 Å². The third-order valence-corrected chi connectivity index (χ3v) is 5.36. The van der Waals surface area contributed by atoms with Crippen LogP contribution in [-0.2, 0) is 4.79 Å². The fourth-order valence-electron chi connectivity index (χ4n) is 1.81. The summed E-state index contributed by atoms with van der Waals surface area (Å²) < 4.78 is 0.614. The fraction of sp³-hybridized carbons (Fsp3) is 0.333. The van der Waals surface area contributed by atoms with Crippen LogP contribution >= 0.6 is 35.7 Å². The highest BCUT2D eigenvalue weighted by Crippen LogP contribution is 2.43. The molecule has 96 valence electrons.